The average Bonchev–Trinajstić information content (AvgIpc) is 2.33. The van der Waals surface area contributed by atoms with Gasteiger partial charge in [0.2, 0.25) is 0 Å². The number of aliphatic carboxylic acids is 1. The Balaban J connectivity index is 2.53. The van der Waals surface area contributed by atoms with Crippen molar-refractivity contribution in [1.82, 2.24) is 5.32 Å². The van der Waals surface area contributed by atoms with E-state index in [2.05, 4.69) is 42.5 Å². The Morgan fingerprint density at radius 2 is 2.11 bits per heavy atom. The molecular weight excluding hydrogens is 384 g/mol. The van der Waals surface area contributed by atoms with Crippen LogP contribution in [0, 0.1) is 0 Å². The first-order valence-electron chi connectivity index (χ1n) is 5.19. The summed E-state index contributed by atoms with van der Waals surface area (Å²) in [7, 11) is 1.27. The fourth-order valence-electron chi connectivity index (χ4n) is 1.21. The Morgan fingerprint density at radius 1 is 1.42 bits per heavy atom. The fourth-order valence-corrected chi connectivity index (χ4v) is 2.36. The van der Waals surface area contributed by atoms with Crippen LogP contribution in [0.3, 0.4) is 0 Å². The molecule has 1 aromatic rings. The van der Waals surface area contributed by atoms with Gasteiger partial charge < -0.3 is 20.5 Å². The number of benzene rings is 1. The molecule has 6 nitrogen and oxygen atoms in total. The number of amides is 2. The molecule has 0 fully saturated rings. The second-order valence-electron chi connectivity index (χ2n) is 3.52. The first kappa shape index (κ1) is 15.9. The molecule has 1 atom stereocenters. The average molecular weight is 396 g/mol. The topological polar surface area (TPSA) is 87.7 Å². The van der Waals surface area contributed by atoms with Crippen molar-refractivity contribution in [2.75, 3.05) is 19.0 Å². The number of anilines is 1. The Kier molecular flexibility index (Phi) is 6.26. The van der Waals surface area contributed by atoms with Crippen LogP contribution in [0.25, 0.3) is 0 Å². The molecule has 1 unspecified atom stereocenters. The Labute approximate surface area is 126 Å². The Bertz CT molecular complexity index is 482. The van der Waals surface area contributed by atoms with E-state index in [1.165, 1.54) is 7.11 Å². The number of carbonyl (C=O) groups is 2. The van der Waals surface area contributed by atoms with Crippen molar-refractivity contribution in [1.29, 1.82) is 0 Å². The highest BCUT2D eigenvalue weighted by atomic mass is 79.9. The van der Waals surface area contributed by atoms with Crippen LogP contribution >= 0.6 is 31.9 Å². The van der Waals surface area contributed by atoms with Gasteiger partial charge in [0.25, 0.3) is 0 Å². The van der Waals surface area contributed by atoms with Gasteiger partial charge in [-0.1, -0.05) is 15.9 Å². The fraction of sp³-hybridized carbons (Fsp3) is 0.273. The zero-order valence-electron chi connectivity index (χ0n) is 9.94. The van der Waals surface area contributed by atoms with E-state index in [-0.39, 0.29) is 6.54 Å². The monoisotopic (exact) mass is 394 g/mol. The van der Waals surface area contributed by atoms with Crippen LogP contribution in [-0.2, 0) is 9.53 Å². The van der Waals surface area contributed by atoms with Crippen LogP contribution in [-0.4, -0.2) is 36.9 Å². The molecule has 0 saturated carbocycles. The number of methoxy groups -OCH3 is 1. The van der Waals surface area contributed by atoms with Gasteiger partial charge in [0.05, 0.1) is 12.2 Å². The highest BCUT2D eigenvalue weighted by molar-refractivity contribution is 9.11. The molecule has 104 valence electrons. The summed E-state index contributed by atoms with van der Waals surface area (Å²) in [4.78, 5) is 22.3. The molecule has 2 amide bonds. The summed E-state index contributed by atoms with van der Waals surface area (Å²) in [5.41, 5.74) is 0.574. The zero-order chi connectivity index (χ0) is 14.4. The second kappa shape index (κ2) is 7.46. The molecule has 0 aromatic heterocycles. The van der Waals surface area contributed by atoms with Crippen molar-refractivity contribution in [3.05, 3.63) is 27.1 Å². The van der Waals surface area contributed by atoms with E-state index in [1.807, 2.05) is 0 Å². The van der Waals surface area contributed by atoms with E-state index < -0.39 is 18.1 Å². The molecule has 1 aromatic carbocycles. The number of urea groups is 1. The number of hydrogen-bond acceptors (Lipinski definition) is 3. The lowest BCUT2D eigenvalue weighted by atomic mass is 10.3. The molecule has 0 saturated heterocycles. The number of carbonyl (C=O) groups excluding carboxylic acids is 1. The summed E-state index contributed by atoms with van der Waals surface area (Å²) in [6.07, 6.45) is -1.07. The van der Waals surface area contributed by atoms with Crippen LogP contribution in [0.4, 0.5) is 10.5 Å². The number of carboxylic acid groups (broad SMARTS) is 1. The summed E-state index contributed by atoms with van der Waals surface area (Å²) in [6, 6.07) is 4.76. The molecule has 0 aliphatic heterocycles. The molecule has 8 heteroatoms. The van der Waals surface area contributed by atoms with Crippen molar-refractivity contribution in [3.8, 4) is 0 Å². The van der Waals surface area contributed by atoms with Gasteiger partial charge in [-0.3, -0.25) is 0 Å². The van der Waals surface area contributed by atoms with Gasteiger partial charge in [-0.25, -0.2) is 9.59 Å². The van der Waals surface area contributed by atoms with Crippen molar-refractivity contribution in [2.45, 2.75) is 6.10 Å². The Morgan fingerprint density at radius 3 is 2.63 bits per heavy atom. The van der Waals surface area contributed by atoms with Crippen molar-refractivity contribution in [3.63, 3.8) is 0 Å². The van der Waals surface area contributed by atoms with Crippen molar-refractivity contribution < 1.29 is 19.4 Å². The SMILES string of the molecule is COC(CNC(=O)Nc1ccc(Br)cc1Br)C(=O)O. The molecule has 0 radical (unpaired) electrons. The van der Waals surface area contributed by atoms with E-state index >= 15 is 0 Å². The lowest BCUT2D eigenvalue weighted by Crippen LogP contribution is -2.39. The standard InChI is InChI=1S/C11H12Br2N2O4/c1-19-9(10(16)17)5-14-11(18)15-8-3-2-6(12)4-7(8)13/h2-4,9H,5H2,1H3,(H,16,17)(H2,14,15,18). The minimum absolute atomic E-state index is 0.119. The minimum Gasteiger partial charge on any atom is -0.479 e. The zero-order valence-corrected chi connectivity index (χ0v) is 13.1. The number of hydrogen-bond donors (Lipinski definition) is 3. The summed E-state index contributed by atoms with van der Waals surface area (Å²) in [5.74, 6) is -1.13. The molecule has 0 spiro atoms. The van der Waals surface area contributed by atoms with E-state index in [0.717, 1.165) is 4.47 Å². The Hall–Kier alpha value is -1.12. The van der Waals surface area contributed by atoms with Gasteiger partial charge in [-0.05, 0) is 34.1 Å². The van der Waals surface area contributed by atoms with E-state index in [9.17, 15) is 9.59 Å². The van der Waals surface area contributed by atoms with Crippen LogP contribution in [0.5, 0.6) is 0 Å². The van der Waals surface area contributed by atoms with Crippen LogP contribution in [0.15, 0.2) is 27.1 Å². The van der Waals surface area contributed by atoms with Gasteiger partial charge in [0, 0.05) is 16.1 Å². The van der Waals surface area contributed by atoms with E-state index in [0.29, 0.717) is 10.2 Å². The summed E-state index contributed by atoms with van der Waals surface area (Å²) < 4.78 is 6.27. The van der Waals surface area contributed by atoms with Crippen molar-refractivity contribution in [2.24, 2.45) is 0 Å². The molecule has 0 bridgehead atoms. The third-order valence-corrected chi connectivity index (χ3v) is 3.34. The predicted molar refractivity (Wildman–Crippen MR) is 77.3 cm³/mol. The smallest absolute Gasteiger partial charge is 0.334 e. The first-order chi connectivity index (χ1) is 8.93. The van der Waals surface area contributed by atoms with Gasteiger partial charge in [0.1, 0.15) is 0 Å². The number of rotatable bonds is 5. The molecule has 1 rings (SSSR count). The van der Waals surface area contributed by atoms with Gasteiger partial charge >= 0.3 is 12.0 Å². The van der Waals surface area contributed by atoms with Crippen molar-refractivity contribution >= 4 is 49.5 Å². The third-order valence-electron chi connectivity index (χ3n) is 2.19. The molecule has 3 N–H and O–H groups in total. The molecular formula is C11H12Br2N2O4. The van der Waals surface area contributed by atoms with Gasteiger partial charge in [0.15, 0.2) is 6.10 Å². The third kappa shape index (κ3) is 5.17. The number of nitrogens with one attached hydrogen (secondary N) is 2. The minimum atomic E-state index is -1.13. The number of halogens is 2. The lowest BCUT2D eigenvalue weighted by molar-refractivity contribution is -0.147. The molecule has 19 heavy (non-hydrogen) atoms. The quantitative estimate of drug-likeness (QED) is 0.714. The second-order valence-corrected chi connectivity index (χ2v) is 5.29. The maximum atomic E-state index is 11.6. The molecule has 0 heterocycles. The normalized spacial score (nSPS) is 11.7. The largest absolute Gasteiger partial charge is 0.479 e. The maximum Gasteiger partial charge on any atom is 0.334 e. The summed E-state index contributed by atoms with van der Waals surface area (Å²) in [5, 5.41) is 13.7. The first-order valence-corrected chi connectivity index (χ1v) is 6.78. The number of ether oxygens (including phenoxy) is 1. The van der Waals surface area contributed by atoms with E-state index in [4.69, 9.17) is 9.84 Å². The molecule has 0 aliphatic rings. The van der Waals surface area contributed by atoms with Crippen LogP contribution < -0.4 is 10.6 Å². The molecule has 0 aliphatic carbocycles. The predicted octanol–water partition coefficient (Wildman–Crippen LogP) is 2.43. The van der Waals surface area contributed by atoms with Gasteiger partial charge in [-0.2, -0.15) is 0 Å². The summed E-state index contributed by atoms with van der Waals surface area (Å²) >= 11 is 6.60. The van der Waals surface area contributed by atoms with Gasteiger partial charge in [-0.15, -0.1) is 0 Å². The van der Waals surface area contributed by atoms with Crippen LogP contribution in [0.2, 0.25) is 0 Å². The highest BCUT2D eigenvalue weighted by Gasteiger charge is 2.17. The van der Waals surface area contributed by atoms with Crippen LogP contribution in [0.1, 0.15) is 0 Å². The van der Waals surface area contributed by atoms with E-state index in [1.54, 1.807) is 18.2 Å². The summed E-state index contributed by atoms with van der Waals surface area (Å²) in [6.45, 7) is -0.119. The number of carboxylic acids is 1. The maximum absolute atomic E-state index is 11.6. The lowest BCUT2D eigenvalue weighted by Gasteiger charge is -2.13. The highest BCUT2D eigenvalue weighted by Crippen LogP contribution is 2.25.